The van der Waals surface area contributed by atoms with Gasteiger partial charge in [0.2, 0.25) is 0 Å². The molecule has 0 aliphatic heterocycles. The minimum absolute atomic E-state index is 0.0198. The molecule has 0 unspecified atom stereocenters. The Hall–Kier alpha value is -1.40. The second kappa shape index (κ2) is 5.93. The van der Waals surface area contributed by atoms with Crippen molar-refractivity contribution in [2.24, 2.45) is 0 Å². The van der Waals surface area contributed by atoms with Crippen LogP contribution >= 0.6 is 11.3 Å². The van der Waals surface area contributed by atoms with Gasteiger partial charge in [0, 0.05) is 12.0 Å². The highest BCUT2D eigenvalue weighted by Crippen LogP contribution is 2.17. The van der Waals surface area contributed by atoms with Gasteiger partial charge in [-0.3, -0.25) is 0 Å². The molecule has 2 aromatic rings. The zero-order chi connectivity index (χ0) is 14.8. The molecule has 0 amide bonds. The van der Waals surface area contributed by atoms with E-state index in [-0.39, 0.29) is 5.54 Å². The molecule has 1 aromatic heterocycles. The predicted molar refractivity (Wildman–Crippen MR) is 75.7 cm³/mol. The third kappa shape index (κ3) is 4.31. The van der Waals surface area contributed by atoms with Crippen molar-refractivity contribution in [3.05, 3.63) is 45.4 Å². The van der Waals surface area contributed by atoms with Crippen LogP contribution in [0.3, 0.4) is 0 Å². The van der Waals surface area contributed by atoms with E-state index in [4.69, 9.17) is 0 Å². The number of aromatic nitrogens is 2. The van der Waals surface area contributed by atoms with Gasteiger partial charge in [0.1, 0.15) is 10.0 Å². The molecule has 0 fully saturated rings. The number of halogens is 2. The molecule has 0 saturated carbocycles. The van der Waals surface area contributed by atoms with E-state index < -0.39 is 11.6 Å². The molecule has 1 N–H and O–H groups in total. The summed E-state index contributed by atoms with van der Waals surface area (Å²) in [5.41, 5.74) is 0.710. The van der Waals surface area contributed by atoms with Crippen molar-refractivity contribution in [1.29, 1.82) is 0 Å². The lowest BCUT2D eigenvalue weighted by Gasteiger charge is -2.19. The Morgan fingerprint density at radius 1 is 1.10 bits per heavy atom. The van der Waals surface area contributed by atoms with Crippen LogP contribution in [-0.4, -0.2) is 15.7 Å². The van der Waals surface area contributed by atoms with Gasteiger partial charge in [-0.05, 0) is 38.5 Å². The Morgan fingerprint density at radius 3 is 2.45 bits per heavy atom. The number of rotatable bonds is 4. The molecule has 0 spiro atoms. The van der Waals surface area contributed by atoms with E-state index in [1.165, 1.54) is 17.4 Å². The Morgan fingerprint density at radius 2 is 1.80 bits per heavy atom. The third-order valence-electron chi connectivity index (χ3n) is 2.62. The number of hydrogen-bond acceptors (Lipinski definition) is 4. The molecule has 20 heavy (non-hydrogen) atoms. The molecule has 6 heteroatoms. The quantitative estimate of drug-likeness (QED) is 0.941. The second-order valence-corrected chi connectivity index (χ2v) is 6.76. The molecule has 1 heterocycles. The van der Waals surface area contributed by atoms with E-state index in [1.807, 2.05) is 0 Å². The maximum atomic E-state index is 13.1. The van der Waals surface area contributed by atoms with Crippen molar-refractivity contribution in [2.75, 3.05) is 0 Å². The van der Waals surface area contributed by atoms with E-state index >= 15 is 0 Å². The van der Waals surface area contributed by atoms with Crippen LogP contribution in [0.15, 0.2) is 18.2 Å². The van der Waals surface area contributed by atoms with Gasteiger partial charge >= 0.3 is 0 Å². The molecular weight excluding hydrogens is 280 g/mol. The van der Waals surface area contributed by atoms with E-state index in [0.717, 1.165) is 16.1 Å². The van der Waals surface area contributed by atoms with Crippen molar-refractivity contribution in [3.8, 4) is 0 Å². The molecule has 0 radical (unpaired) electrons. The molecule has 2 rings (SSSR count). The number of benzene rings is 1. The van der Waals surface area contributed by atoms with Crippen LogP contribution in [0.25, 0.3) is 0 Å². The summed E-state index contributed by atoms with van der Waals surface area (Å²) in [5.74, 6) is -1.66. The molecule has 0 aliphatic carbocycles. The van der Waals surface area contributed by atoms with Gasteiger partial charge in [-0.2, -0.15) is 0 Å². The van der Waals surface area contributed by atoms with Crippen LogP contribution in [0.4, 0.5) is 8.78 Å². The molecule has 3 nitrogen and oxygen atoms in total. The van der Waals surface area contributed by atoms with Crippen molar-refractivity contribution >= 4 is 11.3 Å². The summed E-state index contributed by atoms with van der Waals surface area (Å²) in [7, 11) is 0. The summed E-state index contributed by atoms with van der Waals surface area (Å²) in [4.78, 5) is 0. The van der Waals surface area contributed by atoms with Gasteiger partial charge in [0.25, 0.3) is 0 Å². The smallest absolute Gasteiger partial charge is 0.159 e. The highest BCUT2D eigenvalue weighted by Gasteiger charge is 2.12. The molecule has 0 bridgehead atoms. The minimum atomic E-state index is -0.832. The van der Waals surface area contributed by atoms with Crippen LogP contribution in [0, 0.1) is 11.6 Å². The van der Waals surface area contributed by atoms with E-state index in [1.54, 1.807) is 6.07 Å². The van der Waals surface area contributed by atoms with Crippen LogP contribution in [0.5, 0.6) is 0 Å². The summed E-state index contributed by atoms with van der Waals surface area (Å²) >= 11 is 1.48. The highest BCUT2D eigenvalue weighted by molar-refractivity contribution is 7.11. The monoisotopic (exact) mass is 297 g/mol. The Labute approximate surface area is 121 Å². The number of nitrogens with zero attached hydrogens (tertiary/aromatic N) is 2. The summed E-state index contributed by atoms with van der Waals surface area (Å²) in [6, 6.07) is 3.89. The average Bonchev–Trinajstić information content (AvgIpc) is 2.78. The standard InChI is InChI=1S/C14H17F2N3S/c1-14(2,3)17-8-13-19-18-12(20-13)7-9-4-5-10(15)11(16)6-9/h4-6,17H,7-8H2,1-3H3. The van der Waals surface area contributed by atoms with Crippen LogP contribution in [0.1, 0.15) is 36.3 Å². The van der Waals surface area contributed by atoms with Crippen molar-refractivity contribution in [2.45, 2.75) is 39.3 Å². The van der Waals surface area contributed by atoms with Crippen LogP contribution in [0.2, 0.25) is 0 Å². The van der Waals surface area contributed by atoms with E-state index in [9.17, 15) is 8.78 Å². The fraction of sp³-hybridized carbons (Fsp3) is 0.429. The van der Waals surface area contributed by atoms with Crippen LogP contribution < -0.4 is 5.32 Å². The molecule has 0 aliphatic rings. The maximum absolute atomic E-state index is 13.1. The largest absolute Gasteiger partial charge is 0.306 e. The normalized spacial score (nSPS) is 11.8. The minimum Gasteiger partial charge on any atom is -0.306 e. The van der Waals surface area contributed by atoms with Crippen LogP contribution in [-0.2, 0) is 13.0 Å². The van der Waals surface area contributed by atoms with Gasteiger partial charge in [0.05, 0.1) is 6.54 Å². The SMILES string of the molecule is CC(C)(C)NCc1nnc(Cc2ccc(F)c(F)c2)s1. The van der Waals surface area contributed by atoms with Gasteiger partial charge in [-0.1, -0.05) is 17.4 Å². The van der Waals surface area contributed by atoms with Crippen molar-refractivity contribution in [1.82, 2.24) is 15.5 Å². The van der Waals surface area contributed by atoms with Crippen molar-refractivity contribution in [3.63, 3.8) is 0 Å². The summed E-state index contributed by atoms with van der Waals surface area (Å²) in [6.45, 7) is 6.89. The van der Waals surface area contributed by atoms with E-state index in [0.29, 0.717) is 18.5 Å². The molecule has 0 saturated heterocycles. The average molecular weight is 297 g/mol. The predicted octanol–water partition coefficient (Wildman–Crippen LogP) is 3.30. The fourth-order valence-electron chi connectivity index (χ4n) is 1.60. The molecule has 1 aromatic carbocycles. The summed E-state index contributed by atoms with van der Waals surface area (Å²) < 4.78 is 26.0. The topological polar surface area (TPSA) is 37.8 Å². The fourth-order valence-corrected chi connectivity index (χ4v) is 2.41. The zero-order valence-electron chi connectivity index (χ0n) is 11.7. The first-order valence-electron chi connectivity index (χ1n) is 6.34. The van der Waals surface area contributed by atoms with Gasteiger partial charge in [-0.15, -0.1) is 10.2 Å². The number of hydrogen-bond donors (Lipinski definition) is 1. The van der Waals surface area contributed by atoms with Gasteiger partial charge in [0.15, 0.2) is 11.6 Å². The Bertz CT molecular complexity index is 590. The second-order valence-electron chi connectivity index (χ2n) is 5.62. The van der Waals surface area contributed by atoms with Gasteiger partial charge in [-0.25, -0.2) is 8.78 Å². The first-order chi connectivity index (χ1) is 9.33. The lowest BCUT2D eigenvalue weighted by Crippen LogP contribution is -2.35. The van der Waals surface area contributed by atoms with E-state index in [2.05, 4.69) is 36.3 Å². The molecular formula is C14H17F2N3S. The first kappa shape index (κ1) is 15.0. The third-order valence-corrected chi connectivity index (χ3v) is 3.54. The molecule has 0 atom stereocenters. The zero-order valence-corrected chi connectivity index (χ0v) is 12.5. The highest BCUT2D eigenvalue weighted by atomic mass is 32.1. The lowest BCUT2D eigenvalue weighted by molar-refractivity contribution is 0.423. The Kier molecular flexibility index (Phi) is 4.45. The number of nitrogens with one attached hydrogen (secondary N) is 1. The first-order valence-corrected chi connectivity index (χ1v) is 7.15. The Balaban J connectivity index is 2.00. The molecule has 108 valence electrons. The van der Waals surface area contributed by atoms with Gasteiger partial charge < -0.3 is 5.32 Å². The van der Waals surface area contributed by atoms with Crippen molar-refractivity contribution < 1.29 is 8.78 Å². The summed E-state index contributed by atoms with van der Waals surface area (Å²) in [5, 5.41) is 13.2. The maximum Gasteiger partial charge on any atom is 0.159 e. The summed E-state index contributed by atoms with van der Waals surface area (Å²) in [6.07, 6.45) is 0.463. The lowest BCUT2D eigenvalue weighted by atomic mass is 10.1.